The fraction of sp³-hybridized carbons (Fsp3) is 0.814. The number of phenols is 1. The lowest BCUT2D eigenvalue weighted by atomic mass is 9.40. The highest BCUT2D eigenvalue weighted by Crippen LogP contribution is 2.86. The lowest BCUT2D eigenvalue weighted by Gasteiger charge is -2.61. The van der Waals surface area contributed by atoms with E-state index >= 15 is 0 Å². The van der Waals surface area contributed by atoms with E-state index in [0.717, 1.165) is 84.1 Å². The van der Waals surface area contributed by atoms with Gasteiger partial charge in [0, 0.05) is 30.5 Å². The van der Waals surface area contributed by atoms with Crippen molar-refractivity contribution in [3.63, 3.8) is 0 Å². The Kier molecular flexibility index (Phi) is 9.45. The molecular weight excluding hydrogens is 624 g/mol. The minimum atomic E-state index is -1.03. The number of aliphatic carboxylic acids is 1. The zero-order valence-corrected chi connectivity index (χ0v) is 31.0. The van der Waals surface area contributed by atoms with Gasteiger partial charge in [-0.15, -0.1) is 0 Å². The third-order valence-corrected chi connectivity index (χ3v) is 16.7. The maximum Gasteiger partial charge on any atom is 0.311 e. The Hall–Kier alpha value is -1.96. The van der Waals surface area contributed by atoms with Gasteiger partial charge in [-0.25, -0.2) is 0 Å². The van der Waals surface area contributed by atoms with Crippen LogP contribution in [-0.2, 0) is 14.3 Å². The van der Waals surface area contributed by atoms with Gasteiger partial charge in [0.2, 0.25) is 0 Å². The van der Waals surface area contributed by atoms with Crippen molar-refractivity contribution in [3.8, 4) is 5.75 Å². The summed E-state index contributed by atoms with van der Waals surface area (Å²) in [4.78, 5) is 30.4. The van der Waals surface area contributed by atoms with Gasteiger partial charge in [0.25, 0.3) is 0 Å². The molecule has 5 aliphatic carbocycles. The molecule has 7 heteroatoms. The molecule has 1 aromatic rings. The van der Waals surface area contributed by atoms with Crippen molar-refractivity contribution < 1.29 is 24.5 Å². The monoisotopic (exact) mass is 688 g/mol. The molecule has 50 heavy (non-hydrogen) atoms. The first-order valence-corrected chi connectivity index (χ1v) is 20.7. The highest BCUT2D eigenvalue weighted by Gasteiger charge is 2.88. The van der Waals surface area contributed by atoms with Crippen molar-refractivity contribution >= 4 is 12.3 Å². The van der Waals surface area contributed by atoms with Crippen LogP contribution < -0.4 is 5.32 Å². The number of nitrogens with one attached hydrogen (secondary N) is 1. The molecule has 2 saturated heterocycles. The van der Waals surface area contributed by atoms with Gasteiger partial charge in [0.15, 0.2) is 0 Å². The van der Waals surface area contributed by atoms with Gasteiger partial charge < -0.3 is 30.0 Å². The largest absolute Gasteiger partial charge is 0.508 e. The number of hydrogen-bond donors (Lipinski definition) is 3. The van der Waals surface area contributed by atoms with E-state index in [4.69, 9.17) is 4.74 Å². The zero-order chi connectivity index (χ0) is 34.8. The number of benzene rings is 1. The van der Waals surface area contributed by atoms with Crippen molar-refractivity contribution in [2.75, 3.05) is 32.7 Å². The van der Waals surface area contributed by atoms with Gasteiger partial charge in [0.1, 0.15) is 12.0 Å². The number of ether oxygens (including phenoxy) is 1. The second-order valence-electron chi connectivity index (χ2n) is 18.7. The van der Waals surface area contributed by atoms with Gasteiger partial charge in [-0.3, -0.25) is 4.79 Å². The first kappa shape index (κ1) is 35.1. The average molecular weight is 689 g/mol. The number of aromatic hydroxyl groups is 1. The van der Waals surface area contributed by atoms with Crippen LogP contribution in [-0.4, -0.2) is 72.3 Å². The molecule has 3 N–H and O–H groups in total. The van der Waals surface area contributed by atoms with Crippen LogP contribution in [0, 0.1) is 63.6 Å². The standard InChI is InChI=1S/C43H64N2O5/c1-27(2)37-21-32-23-41(26-46)36-13-12-28(3)35(36)24-42(32,43(37,41)40(48)49)39-22-34(30-8-5-4-6-9-30)38(50-39)25-44-16-19-45-17-14-29(15-18-45)31-10-7-11-33(47)20-31/h7,10-11,20,26-30,32,34-39,44,47H,4-6,8-9,12-19,21-25H2,1-3H3,(H,48,49)/t28?,32?,34?,35-,36-,37?,38+,39-,41?,42?,43+/m1/s1. The Balaban J connectivity index is 1.01. The van der Waals surface area contributed by atoms with E-state index in [1.54, 1.807) is 6.07 Å². The van der Waals surface area contributed by atoms with Crippen LogP contribution in [0.2, 0.25) is 0 Å². The Bertz CT molecular complexity index is 1400. The number of hydrogen-bond acceptors (Lipinski definition) is 6. The summed E-state index contributed by atoms with van der Waals surface area (Å²) in [5, 5.41) is 25.4. The van der Waals surface area contributed by atoms with Gasteiger partial charge >= 0.3 is 5.97 Å². The quantitative estimate of drug-likeness (QED) is 0.163. The number of phenolic OH excluding ortho intramolecular Hbond substituents is 1. The predicted octanol–water partition coefficient (Wildman–Crippen LogP) is 7.52. The topological polar surface area (TPSA) is 99.1 Å². The molecule has 5 saturated carbocycles. The molecule has 0 spiro atoms. The first-order chi connectivity index (χ1) is 24.2. The number of carbonyl (C=O) groups is 2. The van der Waals surface area contributed by atoms with Crippen molar-refractivity contribution in [1.29, 1.82) is 0 Å². The third kappa shape index (κ3) is 5.12. The highest BCUT2D eigenvalue weighted by molar-refractivity contribution is 5.86. The third-order valence-electron chi connectivity index (χ3n) is 16.7. The molecule has 11 atom stereocenters. The van der Waals surface area contributed by atoms with E-state index in [9.17, 15) is 19.8 Å². The SMILES string of the molecule is CC(C)C1CC2CC3(C=O)[C@@H]4CCC(C)[C@H]4CC2([C@H]2CC(C4CCCCC4)[C@H](CNCCN4CCC(c5cccc(O)c5)CC4)O2)[C@]13C(=O)O. The molecule has 7 nitrogen and oxygen atoms in total. The highest BCUT2D eigenvalue weighted by atomic mass is 16.5. The fourth-order valence-electron chi connectivity index (χ4n) is 14.7. The van der Waals surface area contributed by atoms with E-state index in [0.29, 0.717) is 35.3 Å². The number of carboxylic acid groups (broad SMARTS) is 1. The van der Waals surface area contributed by atoms with Crippen LogP contribution in [0.1, 0.15) is 116 Å². The summed E-state index contributed by atoms with van der Waals surface area (Å²) in [5.41, 5.74) is -1.000. The molecule has 276 valence electrons. The van der Waals surface area contributed by atoms with E-state index in [1.165, 1.54) is 44.0 Å². The lowest BCUT2D eigenvalue weighted by Crippen LogP contribution is -2.66. The minimum Gasteiger partial charge on any atom is -0.508 e. The van der Waals surface area contributed by atoms with Crippen molar-refractivity contribution in [2.24, 2.45) is 63.6 Å². The zero-order valence-electron chi connectivity index (χ0n) is 31.0. The molecule has 2 aliphatic heterocycles. The Morgan fingerprint density at radius 3 is 2.52 bits per heavy atom. The number of aldehydes is 1. The Morgan fingerprint density at radius 1 is 1.04 bits per heavy atom. The van der Waals surface area contributed by atoms with Crippen LogP contribution in [0.4, 0.5) is 0 Å². The lowest BCUT2D eigenvalue weighted by molar-refractivity contribution is -0.215. The number of piperidine rings is 1. The second kappa shape index (κ2) is 13.5. The summed E-state index contributed by atoms with van der Waals surface area (Å²) in [6.45, 7) is 11.7. The number of nitrogens with zero attached hydrogens (tertiary/aromatic N) is 1. The normalized spacial score (nSPS) is 43.4. The van der Waals surface area contributed by atoms with E-state index < -0.39 is 22.2 Å². The van der Waals surface area contributed by atoms with Crippen molar-refractivity contribution in [3.05, 3.63) is 29.8 Å². The van der Waals surface area contributed by atoms with E-state index in [-0.39, 0.29) is 35.9 Å². The molecule has 1 aromatic carbocycles. The molecule has 4 bridgehead atoms. The maximum absolute atomic E-state index is 14.2. The molecule has 0 radical (unpaired) electrons. The van der Waals surface area contributed by atoms with E-state index in [1.807, 2.05) is 12.1 Å². The number of likely N-dealkylation sites (tertiary alicyclic amines) is 1. The number of fused-ring (bicyclic) bond motifs is 2. The van der Waals surface area contributed by atoms with Gasteiger partial charge in [-0.1, -0.05) is 71.4 Å². The van der Waals surface area contributed by atoms with Gasteiger partial charge in [-0.05, 0) is 129 Å². The summed E-state index contributed by atoms with van der Waals surface area (Å²) in [6, 6.07) is 7.78. The molecule has 2 heterocycles. The average Bonchev–Trinajstić information content (AvgIpc) is 3.84. The molecular formula is C43H64N2O5. The number of rotatable bonds is 11. The van der Waals surface area contributed by atoms with Crippen molar-refractivity contribution in [2.45, 2.75) is 122 Å². The predicted molar refractivity (Wildman–Crippen MR) is 195 cm³/mol. The molecule has 8 rings (SSSR count). The minimum absolute atomic E-state index is 0.0198. The fourth-order valence-corrected chi connectivity index (χ4v) is 14.7. The first-order valence-electron chi connectivity index (χ1n) is 20.7. The summed E-state index contributed by atoms with van der Waals surface area (Å²) < 4.78 is 7.43. The van der Waals surface area contributed by atoms with Gasteiger partial charge in [0.05, 0.1) is 17.6 Å². The van der Waals surface area contributed by atoms with Crippen LogP contribution in [0.15, 0.2) is 24.3 Å². The van der Waals surface area contributed by atoms with Crippen LogP contribution in [0.3, 0.4) is 0 Å². The molecule has 6 unspecified atom stereocenters. The summed E-state index contributed by atoms with van der Waals surface area (Å²) in [7, 11) is 0. The Labute approximate surface area is 300 Å². The van der Waals surface area contributed by atoms with Crippen LogP contribution in [0.5, 0.6) is 5.75 Å². The molecule has 7 fully saturated rings. The van der Waals surface area contributed by atoms with Crippen LogP contribution >= 0.6 is 0 Å². The summed E-state index contributed by atoms with van der Waals surface area (Å²) >= 11 is 0. The van der Waals surface area contributed by atoms with E-state index in [2.05, 4.69) is 37.1 Å². The number of carbonyl (C=O) groups excluding carboxylic acids is 1. The van der Waals surface area contributed by atoms with Gasteiger partial charge in [-0.2, -0.15) is 0 Å². The molecule has 0 amide bonds. The smallest absolute Gasteiger partial charge is 0.311 e. The molecule has 7 aliphatic rings. The molecule has 0 aromatic heterocycles. The second-order valence-corrected chi connectivity index (χ2v) is 18.7. The Morgan fingerprint density at radius 2 is 1.82 bits per heavy atom. The summed E-state index contributed by atoms with van der Waals surface area (Å²) in [5.74, 6) is 2.94. The maximum atomic E-state index is 14.2. The van der Waals surface area contributed by atoms with Crippen LogP contribution in [0.25, 0.3) is 0 Å². The summed E-state index contributed by atoms with van der Waals surface area (Å²) in [6.07, 6.45) is 15.6. The number of carboxylic acids is 1. The van der Waals surface area contributed by atoms with Crippen molar-refractivity contribution in [1.82, 2.24) is 10.2 Å².